The summed E-state index contributed by atoms with van der Waals surface area (Å²) in [6.45, 7) is 2.18. The van der Waals surface area contributed by atoms with Crippen LogP contribution < -0.4 is 5.73 Å². The van der Waals surface area contributed by atoms with Crippen molar-refractivity contribution in [2.75, 3.05) is 5.73 Å². The summed E-state index contributed by atoms with van der Waals surface area (Å²) in [5.41, 5.74) is 6.16. The molecule has 1 aromatic carbocycles. The highest BCUT2D eigenvalue weighted by molar-refractivity contribution is 7.92. The molecule has 1 saturated carbocycles. The number of rotatable bonds is 3. The van der Waals surface area contributed by atoms with Gasteiger partial charge in [-0.3, -0.25) is 0 Å². The molecular weight excluding hydrogens is 246 g/mol. The zero-order valence-corrected chi connectivity index (χ0v) is 11.6. The van der Waals surface area contributed by atoms with Gasteiger partial charge in [-0.2, -0.15) is 0 Å². The van der Waals surface area contributed by atoms with Crippen molar-refractivity contribution in [2.45, 2.75) is 49.2 Å². The molecular formula is C14H21NO2S. The van der Waals surface area contributed by atoms with E-state index in [1.807, 2.05) is 0 Å². The number of sulfone groups is 1. The van der Waals surface area contributed by atoms with E-state index in [9.17, 15) is 8.42 Å². The molecule has 0 atom stereocenters. The normalized spacial score (nSPS) is 24.9. The molecule has 0 spiro atoms. The third-order valence-corrected chi connectivity index (χ3v) is 6.37. The lowest BCUT2D eigenvalue weighted by Crippen LogP contribution is -2.27. The van der Waals surface area contributed by atoms with E-state index in [1.165, 1.54) is 0 Å². The van der Waals surface area contributed by atoms with Gasteiger partial charge in [-0.1, -0.05) is 25.5 Å². The molecule has 2 N–H and O–H groups in total. The lowest BCUT2D eigenvalue weighted by atomic mass is 9.87. The molecule has 0 unspecified atom stereocenters. The molecule has 0 saturated heterocycles. The van der Waals surface area contributed by atoms with E-state index in [0.29, 0.717) is 16.5 Å². The first-order valence-corrected chi connectivity index (χ1v) is 8.18. The first-order chi connectivity index (χ1) is 8.55. The van der Waals surface area contributed by atoms with Gasteiger partial charge in [0.15, 0.2) is 9.84 Å². The van der Waals surface area contributed by atoms with Gasteiger partial charge in [-0.05, 0) is 43.7 Å². The zero-order chi connectivity index (χ0) is 13.2. The van der Waals surface area contributed by atoms with Crippen LogP contribution in [0.4, 0.5) is 5.69 Å². The molecule has 0 radical (unpaired) electrons. The topological polar surface area (TPSA) is 60.2 Å². The SMILES string of the molecule is CCC1CCC(S(=O)(=O)c2ccccc2N)CC1. The summed E-state index contributed by atoms with van der Waals surface area (Å²) < 4.78 is 25.0. The summed E-state index contributed by atoms with van der Waals surface area (Å²) in [7, 11) is -3.25. The highest BCUT2D eigenvalue weighted by atomic mass is 32.2. The van der Waals surface area contributed by atoms with E-state index in [-0.39, 0.29) is 5.25 Å². The fraction of sp³-hybridized carbons (Fsp3) is 0.571. The molecule has 1 aliphatic rings. The first kappa shape index (κ1) is 13.4. The van der Waals surface area contributed by atoms with E-state index in [4.69, 9.17) is 5.73 Å². The lowest BCUT2D eigenvalue weighted by Gasteiger charge is -2.27. The average Bonchev–Trinajstić information content (AvgIpc) is 2.39. The maximum Gasteiger partial charge on any atom is 0.183 e. The number of nitrogen functional groups attached to an aromatic ring is 1. The predicted octanol–water partition coefficient (Wildman–Crippen LogP) is 3.01. The molecule has 0 aliphatic heterocycles. The molecule has 4 heteroatoms. The Labute approximate surface area is 109 Å². The highest BCUT2D eigenvalue weighted by Crippen LogP contribution is 2.34. The van der Waals surface area contributed by atoms with Gasteiger partial charge in [0, 0.05) is 0 Å². The number of nitrogens with two attached hydrogens (primary N) is 1. The predicted molar refractivity (Wildman–Crippen MR) is 74.1 cm³/mol. The zero-order valence-electron chi connectivity index (χ0n) is 10.8. The molecule has 2 rings (SSSR count). The smallest absolute Gasteiger partial charge is 0.183 e. The Bertz CT molecular complexity index is 502. The van der Waals surface area contributed by atoms with Gasteiger partial charge in [0.25, 0.3) is 0 Å². The minimum atomic E-state index is -3.25. The molecule has 0 bridgehead atoms. The van der Waals surface area contributed by atoms with Crippen molar-refractivity contribution in [3.63, 3.8) is 0 Å². The van der Waals surface area contributed by atoms with Gasteiger partial charge in [0.2, 0.25) is 0 Å². The van der Waals surface area contributed by atoms with Crippen molar-refractivity contribution in [2.24, 2.45) is 5.92 Å². The van der Waals surface area contributed by atoms with Gasteiger partial charge in [-0.15, -0.1) is 0 Å². The van der Waals surface area contributed by atoms with Crippen LogP contribution in [0.3, 0.4) is 0 Å². The highest BCUT2D eigenvalue weighted by Gasteiger charge is 2.32. The van der Waals surface area contributed by atoms with Crippen LogP contribution >= 0.6 is 0 Å². The Kier molecular flexibility index (Phi) is 3.95. The lowest BCUT2D eigenvalue weighted by molar-refractivity contribution is 0.348. The second-order valence-electron chi connectivity index (χ2n) is 5.13. The number of para-hydroxylation sites is 1. The molecule has 3 nitrogen and oxygen atoms in total. The summed E-state index contributed by atoms with van der Waals surface area (Å²) in [5, 5.41) is -0.245. The average molecular weight is 267 g/mol. The van der Waals surface area contributed by atoms with Crippen LogP contribution in [-0.4, -0.2) is 13.7 Å². The molecule has 0 aromatic heterocycles. The van der Waals surface area contributed by atoms with Crippen LogP contribution in [0.5, 0.6) is 0 Å². The molecule has 0 heterocycles. The van der Waals surface area contributed by atoms with Crippen LogP contribution in [0.2, 0.25) is 0 Å². The van der Waals surface area contributed by atoms with Crippen LogP contribution in [-0.2, 0) is 9.84 Å². The largest absolute Gasteiger partial charge is 0.398 e. The Morgan fingerprint density at radius 2 is 1.78 bits per heavy atom. The van der Waals surface area contributed by atoms with Crippen molar-refractivity contribution in [3.05, 3.63) is 24.3 Å². The van der Waals surface area contributed by atoms with E-state index in [1.54, 1.807) is 24.3 Å². The third kappa shape index (κ3) is 2.53. The Morgan fingerprint density at radius 1 is 1.17 bits per heavy atom. The van der Waals surface area contributed by atoms with Crippen molar-refractivity contribution in [1.82, 2.24) is 0 Å². The van der Waals surface area contributed by atoms with Gasteiger partial charge in [0.1, 0.15) is 0 Å². The van der Waals surface area contributed by atoms with Crippen LogP contribution in [0.25, 0.3) is 0 Å². The van der Waals surface area contributed by atoms with Crippen LogP contribution in [0, 0.1) is 5.92 Å². The monoisotopic (exact) mass is 267 g/mol. The van der Waals surface area contributed by atoms with Crippen molar-refractivity contribution in [3.8, 4) is 0 Å². The quantitative estimate of drug-likeness (QED) is 0.856. The Morgan fingerprint density at radius 3 is 2.33 bits per heavy atom. The first-order valence-electron chi connectivity index (χ1n) is 6.64. The Balaban J connectivity index is 2.20. The third-order valence-electron chi connectivity index (χ3n) is 4.04. The standard InChI is InChI=1S/C14H21NO2S/c1-2-11-7-9-12(10-8-11)18(16,17)14-6-4-3-5-13(14)15/h3-6,11-12H,2,7-10,15H2,1H3. The van der Waals surface area contributed by atoms with Gasteiger partial charge < -0.3 is 5.73 Å². The summed E-state index contributed by atoms with van der Waals surface area (Å²) in [5.74, 6) is 0.699. The number of hydrogen-bond acceptors (Lipinski definition) is 3. The molecule has 0 amide bonds. The van der Waals surface area contributed by atoms with E-state index >= 15 is 0 Å². The molecule has 1 aliphatic carbocycles. The second kappa shape index (κ2) is 5.31. The molecule has 18 heavy (non-hydrogen) atoms. The van der Waals surface area contributed by atoms with E-state index < -0.39 is 9.84 Å². The summed E-state index contributed by atoms with van der Waals surface area (Å²) in [6.07, 6.45) is 4.74. The van der Waals surface area contributed by atoms with Crippen LogP contribution in [0.15, 0.2) is 29.2 Å². The summed E-state index contributed by atoms with van der Waals surface area (Å²) >= 11 is 0. The minimum Gasteiger partial charge on any atom is -0.398 e. The minimum absolute atomic E-state index is 0.245. The van der Waals surface area contributed by atoms with Gasteiger partial charge >= 0.3 is 0 Å². The van der Waals surface area contributed by atoms with Crippen LogP contribution in [0.1, 0.15) is 39.0 Å². The number of anilines is 1. The van der Waals surface area contributed by atoms with Gasteiger partial charge in [-0.25, -0.2) is 8.42 Å². The maximum atomic E-state index is 12.5. The number of benzene rings is 1. The summed E-state index contributed by atoms with van der Waals surface area (Å²) in [4.78, 5) is 0.310. The number of hydrogen-bond donors (Lipinski definition) is 1. The van der Waals surface area contributed by atoms with Crippen molar-refractivity contribution in [1.29, 1.82) is 0 Å². The van der Waals surface area contributed by atoms with Crippen molar-refractivity contribution < 1.29 is 8.42 Å². The second-order valence-corrected chi connectivity index (χ2v) is 7.33. The fourth-order valence-corrected chi connectivity index (χ4v) is 4.69. The fourth-order valence-electron chi connectivity index (χ4n) is 2.77. The summed E-state index contributed by atoms with van der Waals surface area (Å²) in [6, 6.07) is 6.78. The van der Waals surface area contributed by atoms with Gasteiger partial charge in [0.05, 0.1) is 15.8 Å². The van der Waals surface area contributed by atoms with E-state index in [2.05, 4.69) is 6.92 Å². The maximum absolute atomic E-state index is 12.5. The van der Waals surface area contributed by atoms with E-state index in [0.717, 1.165) is 32.1 Å². The molecule has 1 fully saturated rings. The molecule has 1 aromatic rings. The van der Waals surface area contributed by atoms with Crippen molar-refractivity contribution >= 4 is 15.5 Å². The molecule has 100 valence electrons. The Hall–Kier alpha value is -1.03.